The molecule has 0 saturated carbocycles. The summed E-state index contributed by atoms with van der Waals surface area (Å²) in [6.07, 6.45) is 0. The lowest BCUT2D eigenvalue weighted by molar-refractivity contribution is 0.601. The molecular weight excluding hydrogens is 274 g/mol. The van der Waals surface area contributed by atoms with E-state index in [1.807, 2.05) is 13.0 Å². The van der Waals surface area contributed by atoms with Crippen LogP contribution in [0.2, 0.25) is 0 Å². The molecule has 0 bridgehead atoms. The summed E-state index contributed by atoms with van der Waals surface area (Å²) < 4.78 is 27.0. The van der Waals surface area contributed by atoms with Crippen molar-refractivity contribution in [1.82, 2.24) is 4.98 Å². The van der Waals surface area contributed by atoms with Gasteiger partial charge in [-0.2, -0.15) is 5.26 Å². The van der Waals surface area contributed by atoms with Gasteiger partial charge in [0.1, 0.15) is 0 Å². The Morgan fingerprint density at radius 3 is 2.60 bits per heavy atom. The number of nitrogens with zero attached hydrogens (tertiary/aromatic N) is 2. The average molecular weight is 287 g/mol. The van der Waals surface area contributed by atoms with Gasteiger partial charge >= 0.3 is 0 Å². The predicted octanol–water partition coefficient (Wildman–Crippen LogP) is 2.37. The van der Waals surface area contributed by atoms with Gasteiger partial charge in [0, 0.05) is 5.69 Å². The number of aryl methyl sites for hydroxylation is 2. The van der Waals surface area contributed by atoms with Crippen LogP contribution in [-0.4, -0.2) is 13.4 Å². The van der Waals surface area contributed by atoms with Crippen molar-refractivity contribution in [2.45, 2.75) is 18.7 Å². The fourth-order valence-electron chi connectivity index (χ4n) is 1.73. The molecule has 1 aromatic heterocycles. The molecule has 0 atom stereocenters. The fraction of sp³-hybridized carbons (Fsp3) is 0.143. The maximum Gasteiger partial charge on any atom is 0.261 e. The van der Waals surface area contributed by atoms with Gasteiger partial charge in [-0.25, -0.2) is 8.42 Å². The molecule has 1 aromatic carbocycles. The van der Waals surface area contributed by atoms with Crippen LogP contribution in [-0.2, 0) is 10.0 Å². The Labute approximate surface area is 118 Å². The Hall–Kier alpha value is -2.39. The number of pyridine rings is 1. The van der Waals surface area contributed by atoms with Gasteiger partial charge in [-0.15, -0.1) is 0 Å². The summed E-state index contributed by atoms with van der Waals surface area (Å²) in [4.78, 5) is 4.26. The SMILES string of the molecule is Cc1ccc(NS(=O)(=O)c2cccc(C#N)c2)c(C)n1. The lowest BCUT2D eigenvalue weighted by Gasteiger charge is -2.10. The average Bonchev–Trinajstić information content (AvgIpc) is 2.42. The van der Waals surface area contributed by atoms with Crippen LogP contribution in [0.4, 0.5) is 5.69 Å². The first-order chi connectivity index (χ1) is 9.42. The molecule has 1 heterocycles. The van der Waals surface area contributed by atoms with Crippen molar-refractivity contribution in [2.75, 3.05) is 4.72 Å². The van der Waals surface area contributed by atoms with Gasteiger partial charge in [0.2, 0.25) is 0 Å². The highest BCUT2D eigenvalue weighted by molar-refractivity contribution is 7.92. The van der Waals surface area contributed by atoms with E-state index in [9.17, 15) is 8.42 Å². The van der Waals surface area contributed by atoms with Gasteiger partial charge in [-0.3, -0.25) is 9.71 Å². The summed E-state index contributed by atoms with van der Waals surface area (Å²) in [5.74, 6) is 0. The zero-order valence-corrected chi connectivity index (χ0v) is 11.9. The van der Waals surface area contributed by atoms with Crippen LogP contribution in [0.5, 0.6) is 0 Å². The second-order valence-corrected chi connectivity index (χ2v) is 6.01. The molecule has 6 heteroatoms. The molecule has 0 aliphatic heterocycles. The van der Waals surface area contributed by atoms with E-state index < -0.39 is 10.0 Å². The largest absolute Gasteiger partial charge is 0.278 e. The predicted molar refractivity (Wildman–Crippen MR) is 75.7 cm³/mol. The minimum absolute atomic E-state index is 0.0523. The monoisotopic (exact) mass is 287 g/mol. The lowest BCUT2D eigenvalue weighted by atomic mass is 10.2. The molecule has 20 heavy (non-hydrogen) atoms. The number of hydrogen-bond acceptors (Lipinski definition) is 4. The Morgan fingerprint density at radius 2 is 1.95 bits per heavy atom. The standard InChI is InChI=1S/C14H13N3O2S/c1-10-6-7-14(11(2)16-10)17-20(18,19)13-5-3-4-12(8-13)9-15/h3-8,17H,1-2H3. The van der Waals surface area contributed by atoms with Gasteiger partial charge in [-0.1, -0.05) is 6.07 Å². The van der Waals surface area contributed by atoms with E-state index in [0.29, 0.717) is 16.9 Å². The van der Waals surface area contributed by atoms with Crippen LogP contribution < -0.4 is 4.72 Å². The third kappa shape index (κ3) is 2.95. The molecule has 2 rings (SSSR count). The highest BCUT2D eigenvalue weighted by atomic mass is 32.2. The van der Waals surface area contributed by atoms with Crippen molar-refractivity contribution < 1.29 is 8.42 Å². The number of nitrogens with one attached hydrogen (secondary N) is 1. The molecule has 0 aliphatic rings. The minimum Gasteiger partial charge on any atom is -0.278 e. The Kier molecular flexibility index (Phi) is 3.72. The van der Waals surface area contributed by atoms with Crippen molar-refractivity contribution >= 4 is 15.7 Å². The number of anilines is 1. The normalized spacial score (nSPS) is 10.8. The molecular formula is C14H13N3O2S. The number of benzene rings is 1. The second-order valence-electron chi connectivity index (χ2n) is 4.33. The van der Waals surface area contributed by atoms with E-state index in [4.69, 9.17) is 5.26 Å². The van der Waals surface area contributed by atoms with Crippen LogP contribution in [0.3, 0.4) is 0 Å². The first-order valence-electron chi connectivity index (χ1n) is 5.89. The maximum atomic E-state index is 12.3. The van der Waals surface area contributed by atoms with Gasteiger partial charge in [0.25, 0.3) is 10.0 Å². The van der Waals surface area contributed by atoms with E-state index in [1.54, 1.807) is 25.1 Å². The van der Waals surface area contributed by atoms with Gasteiger partial charge in [-0.05, 0) is 44.2 Å². The molecule has 0 unspecified atom stereocenters. The minimum atomic E-state index is -3.72. The van der Waals surface area contributed by atoms with Crippen LogP contribution in [0.15, 0.2) is 41.3 Å². The van der Waals surface area contributed by atoms with Gasteiger partial charge in [0.15, 0.2) is 0 Å². The van der Waals surface area contributed by atoms with E-state index in [2.05, 4.69) is 9.71 Å². The molecule has 0 fully saturated rings. The molecule has 0 aliphatic carbocycles. The zero-order valence-electron chi connectivity index (χ0n) is 11.1. The molecule has 5 nitrogen and oxygen atoms in total. The number of rotatable bonds is 3. The third-order valence-electron chi connectivity index (χ3n) is 2.74. The molecule has 102 valence electrons. The molecule has 0 amide bonds. The molecule has 0 spiro atoms. The summed E-state index contributed by atoms with van der Waals surface area (Å²) in [7, 11) is -3.72. The Balaban J connectivity index is 2.38. The third-order valence-corrected chi connectivity index (χ3v) is 4.11. The summed E-state index contributed by atoms with van der Waals surface area (Å²) in [6.45, 7) is 3.57. The first kappa shape index (κ1) is 14.0. The van der Waals surface area contributed by atoms with E-state index in [-0.39, 0.29) is 4.90 Å². The summed E-state index contributed by atoms with van der Waals surface area (Å²) in [5.41, 5.74) is 2.14. The number of hydrogen-bond donors (Lipinski definition) is 1. The van der Waals surface area contributed by atoms with Crippen molar-refractivity contribution in [3.63, 3.8) is 0 Å². The maximum absolute atomic E-state index is 12.3. The number of sulfonamides is 1. The Morgan fingerprint density at radius 1 is 1.20 bits per heavy atom. The van der Waals surface area contributed by atoms with Crippen LogP contribution in [0.25, 0.3) is 0 Å². The van der Waals surface area contributed by atoms with Crippen LogP contribution in [0, 0.1) is 25.2 Å². The number of nitriles is 1. The highest BCUT2D eigenvalue weighted by Crippen LogP contribution is 2.19. The molecule has 0 radical (unpaired) electrons. The zero-order chi connectivity index (χ0) is 14.8. The lowest BCUT2D eigenvalue weighted by Crippen LogP contribution is -2.14. The van der Waals surface area contributed by atoms with E-state index in [1.165, 1.54) is 18.2 Å². The number of aromatic nitrogens is 1. The molecule has 1 N–H and O–H groups in total. The summed E-state index contributed by atoms with van der Waals surface area (Å²) in [6, 6.07) is 11.2. The van der Waals surface area contributed by atoms with Gasteiger partial charge in [0.05, 0.1) is 27.9 Å². The smallest absolute Gasteiger partial charge is 0.261 e. The Bertz CT molecular complexity index is 792. The van der Waals surface area contributed by atoms with Crippen LogP contribution in [0.1, 0.15) is 17.0 Å². The first-order valence-corrected chi connectivity index (χ1v) is 7.38. The van der Waals surface area contributed by atoms with Crippen LogP contribution >= 0.6 is 0 Å². The van der Waals surface area contributed by atoms with Crippen molar-refractivity contribution in [3.05, 3.63) is 53.3 Å². The quantitative estimate of drug-likeness (QED) is 0.939. The summed E-state index contributed by atoms with van der Waals surface area (Å²) in [5, 5.41) is 8.82. The highest BCUT2D eigenvalue weighted by Gasteiger charge is 2.16. The van der Waals surface area contributed by atoms with Gasteiger partial charge < -0.3 is 0 Å². The van der Waals surface area contributed by atoms with Crippen molar-refractivity contribution in [3.8, 4) is 6.07 Å². The van der Waals surface area contributed by atoms with E-state index >= 15 is 0 Å². The van der Waals surface area contributed by atoms with Crippen molar-refractivity contribution in [2.24, 2.45) is 0 Å². The summed E-state index contributed by atoms with van der Waals surface area (Å²) >= 11 is 0. The molecule has 2 aromatic rings. The van der Waals surface area contributed by atoms with Crippen molar-refractivity contribution in [1.29, 1.82) is 5.26 Å². The van der Waals surface area contributed by atoms with E-state index in [0.717, 1.165) is 5.69 Å². The fourth-order valence-corrected chi connectivity index (χ4v) is 2.89. The molecule has 0 saturated heterocycles. The topological polar surface area (TPSA) is 82.9 Å². The second kappa shape index (κ2) is 5.31.